The van der Waals surface area contributed by atoms with E-state index in [1.807, 2.05) is 0 Å². The SMILES string of the molecule is COc1ccc(NCC(=O)Nc2cc(C(F)(F)F)ccc2-n2cncn2)cc1. The molecule has 7 nitrogen and oxygen atoms in total. The predicted octanol–water partition coefficient (Wildman–Crippen LogP) is 3.35. The number of hydrogen-bond donors (Lipinski definition) is 2. The van der Waals surface area contributed by atoms with Crippen molar-refractivity contribution >= 4 is 17.3 Å². The minimum Gasteiger partial charge on any atom is -0.497 e. The number of ether oxygens (including phenoxy) is 1. The van der Waals surface area contributed by atoms with E-state index in [2.05, 4.69) is 20.7 Å². The predicted molar refractivity (Wildman–Crippen MR) is 96.5 cm³/mol. The van der Waals surface area contributed by atoms with Gasteiger partial charge in [-0.05, 0) is 42.5 Å². The molecule has 0 saturated carbocycles. The Morgan fingerprint density at radius 3 is 2.54 bits per heavy atom. The normalized spacial score (nSPS) is 11.1. The quantitative estimate of drug-likeness (QED) is 0.674. The lowest BCUT2D eigenvalue weighted by Crippen LogP contribution is -2.23. The highest BCUT2D eigenvalue weighted by Gasteiger charge is 2.31. The fraction of sp³-hybridized carbons (Fsp3) is 0.167. The zero-order chi connectivity index (χ0) is 20.1. The summed E-state index contributed by atoms with van der Waals surface area (Å²) < 4.78 is 45.4. The Balaban J connectivity index is 1.76. The smallest absolute Gasteiger partial charge is 0.416 e. The van der Waals surface area contributed by atoms with E-state index < -0.39 is 17.6 Å². The molecular weight excluding hydrogens is 375 g/mol. The van der Waals surface area contributed by atoms with Crippen molar-refractivity contribution in [3.8, 4) is 11.4 Å². The number of hydrogen-bond acceptors (Lipinski definition) is 5. The number of benzene rings is 2. The van der Waals surface area contributed by atoms with E-state index in [1.165, 1.54) is 30.5 Å². The fourth-order valence-electron chi connectivity index (χ4n) is 2.43. The number of alkyl halides is 3. The molecule has 0 atom stereocenters. The first kappa shape index (κ1) is 19.2. The van der Waals surface area contributed by atoms with Crippen LogP contribution in [0.25, 0.3) is 5.69 Å². The van der Waals surface area contributed by atoms with Crippen molar-refractivity contribution in [3.05, 3.63) is 60.7 Å². The number of anilines is 2. The van der Waals surface area contributed by atoms with Gasteiger partial charge in [-0.3, -0.25) is 4.79 Å². The molecule has 0 aliphatic rings. The molecule has 3 rings (SSSR count). The number of amides is 1. The zero-order valence-electron chi connectivity index (χ0n) is 14.7. The molecule has 0 spiro atoms. The van der Waals surface area contributed by atoms with E-state index in [9.17, 15) is 18.0 Å². The summed E-state index contributed by atoms with van der Waals surface area (Å²) in [4.78, 5) is 16.0. The number of nitrogens with one attached hydrogen (secondary N) is 2. The summed E-state index contributed by atoms with van der Waals surface area (Å²) in [6.07, 6.45) is -1.97. The van der Waals surface area contributed by atoms with Crippen LogP contribution < -0.4 is 15.4 Å². The van der Waals surface area contributed by atoms with Crippen molar-refractivity contribution in [1.29, 1.82) is 0 Å². The van der Waals surface area contributed by atoms with Gasteiger partial charge >= 0.3 is 6.18 Å². The molecule has 0 aliphatic carbocycles. The molecule has 2 aromatic carbocycles. The molecule has 146 valence electrons. The van der Waals surface area contributed by atoms with Crippen molar-refractivity contribution in [1.82, 2.24) is 14.8 Å². The Bertz CT molecular complexity index is 941. The standard InChI is InChI=1S/C18H16F3N5O2/c1-28-14-5-3-13(4-6-14)23-9-17(27)25-15-8-12(18(19,20)21)2-7-16(15)26-11-22-10-24-26/h2-8,10-11,23H,9H2,1H3,(H,25,27). The first-order valence-corrected chi connectivity index (χ1v) is 8.11. The van der Waals surface area contributed by atoms with Gasteiger partial charge in [-0.15, -0.1) is 0 Å². The number of aromatic nitrogens is 3. The Labute approximate surface area is 158 Å². The van der Waals surface area contributed by atoms with E-state index >= 15 is 0 Å². The summed E-state index contributed by atoms with van der Waals surface area (Å²) >= 11 is 0. The van der Waals surface area contributed by atoms with Crippen molar-refractivity contribution in [3.63, 3.8) is 0 Å². The Hall–Kier alpha value is -3.56. The third-order valence-corrected chi connectivity index (χ3v) is 3.81. The maximum absolute atomic E-state index is 13.0. The van der Waals surface area contributed by atoms with Crippen LogP contribution in [0.5, 0.6) is 5.75 Å². The van der Waals surface area contributed by atoms with Gasteiger partial charge in [0, 0.05) is 5.69 Å². The minimum atomic E-state index is -4.54. The lowest BCUT2D eigenvalue weighted by atomic mass is 10.1. The van der Waals surface area contributed by atoms with Gasteiger partial charge in [0.05, 0.1) is 30.6 Å². The Kier molecular flexibility index (Phi) is 5.48. The van der Waals surface area contributed by atoms with E-state index in [0.29, 0.717) is 11.4 Å². The van der Waals surface area contributed by atoms with Gasteiger partial charge in [0.1, 0.15) is 18.4 Å². The van der Waals surface area contributed by atoms with Crippen LogP contribution in [0.15, 0.2) is 55.1 Å². The van der Waals surface area contributed by atoms with Gasteiger partial charge in [0.2, 0.25) is 5.91 Å². The number of carbonyl (C=O) groups is 1. The molecule has 0 radical (unpaired) electrons. The zero-order valence-corrected chi connectivity index (χ0v) is 14.7. The van der Waals surface area contributed by atoms with Crippen molar-refractivity contribution in [2.45, 2.75) is 6.18 Å². The van der Waals surface area contributed by atoms with E-state index in [-0.39, 0.29) is 17.9 Å². The molecule has 0 bridgehead atoms. The molecule has 1 amide bonds. The summed E-state index contributed by atoms with van der Waals surface area (Å²) in [5, 5.41) is 9.28. The molecule has 10 heteroatoms. The molecule has 2 N–H and O–H groups in total. The summed E-state index contributed by atoms with van der Waals surface area (Å²) in [6.45, 7) is -0.140. The van der Waals surface area contributed by atoms with Crippen molar-refractivity contribution < 1.29 is 22.7 Å². The summed E-state index contributed by atoms with van der Waals surface area (Å²) in [7, 11) is 1.54. The molecular formula is C18H16F3N5O2. The largest absolute Gasteiger partial charge is 0.497 e. The Morgan fingerprint density at radius 1 is 1.18 bits per heavy atom. The molecule has 1 aromatic heterocycles. The average Bonchev–Trinajstić information content (AvgIpc) is 3.20. The molecule has 0 unspecified atom stereocenters. The van der Waals surface area contributed by atoms with Gasteiger partial charge in [-0.1, -0.05) is 0 Å². The fourth-order valence-corrected chi connectivity index (χ4v) is 2.43. The second-order valence-electron chi connectivity index (χ2n) is 5.70. The maximum atomic E-state index is 13.0. The van der Waals surface area contributed by atoms with Crippen LogP contribution >= 0.6 is 0 Å². The van der Waals surface area contributed by atoms with E-state index in [1.54, 1.807) is 24.3 Å². The number of rotatable bonds is 6. The lowest BCUT2D eigenvalue weighted by Gasteiger charge is -2.15. The van der Waals surface area contributed by atoms with Gasteiger partial charge < -0.3 is 15.4 Å². The summed E-state index contributed by atoms with van der Waals surface area (Å²) in [6, 6.07) is 9.88. The first-order chi connectivity index (χ1) is 13.4. The number of carbonyl (C=O) groups excluding carboxylic acids is 1. The molecule has 28 heavy (non-hydrogen) atoms. The third-order valence-electron chi connectivity index (χ3n) is 3.81. The van der Waals surface area contributed by atoms with Crippen LogP contribution in [-0.4, -0.2) is 34.3 Å². The highest BCUT2D eigenvalue weighted by atomic mass is 19.4. The highest BCUT2D eigenvalue weighted by molar-refractivity contribution is 5.95. The van der Waals surface area contributed by atoms with Crippen LogP contribution in [-0.2, 0) is 11.0 Å². The number of methoxy groups -OCH3 is 1. The monoisotopic (exact) mass is 391 g/mol. The highest BCUT2D eigenvalue weighted by Crippen LogP contribution is 2.33. The topological polar surface area (TPSA) is 81.1 Å². The molecule has 1 heterocycles. The Morgan fingerprint density at radius 2 is 1.93 bits per heavy atom. The van der Waals surface area contributed by atoms with Gasteiger partial charge in [0.25, 0.3) is 0 Å². The number of halogens is 3. The van der Waals surface area contributed by atoms with Crippen LogP contribution in [0.4, 0.5) is 24.5 Å². The second kappa shape index (κ2) is 7.99. The van der Waals surface area contributed by atoms with E-state index in [0.717, 1.165) is 12.1 Å². The minimum absolute atomic E-state index is 0.0261. The first-order valence-electron chi connectivity index (χ1n) is 8.11. The second-order valence-corrected chi connectivity index (χ2v) is 5.70. The summed E-state index contributed by atoms with van der Waals surface area (Å²) in [5.41, 5.74) is 0.0245. The van der Waals surface area contributed by atoms with Gasteiger partial charge in [0.15, 0.2) is 0 Å². The van der Waals surface area contributed by atoms with Gasteiger partial charge in [-0.2, -0.15) is 18.3 Å². The van der Waals surface area contributed by atoms with Crippen molar-refractivity contribution in [2.24, 2.45) is 0 Å². The maximum Gasteiger partial charge on any atom is 0.416 e. The lowest BCUT2D eigenvalue weighted by molar-refractivity contribution is -0.137. The van der Waals surface area contributed by atoms with Crippen LogP contribution in [0.3, 0.4) is 0 Å². The third kappa shape index (κ3) is 4.58. The molecule has 0 saturated heterocycles. The van der Waals surface area contributed by atoms with Crippen LogP contribution in [0, 0.1) is 0 Å². The molecule has 3 aromatic rings. The number of nitrogens with zero attached hydrogens (tertiary/aromatic N) is 3. The van der Waals surface area contributed by atoms with Crippen LogP contribution in [0.1, 0.15) is 5.56 Å². The van der Waals surface area contributed by atoms with Gasteiger partial charge in [-0.25, -0.2) is 9.67 Å². The van der Waals surface area contributed by atoms with Crippen molar-refractivity contribution in [2.75, 3.05) is 24.3 Å². The molecule has 0 aliphatic heterocycles. The van der Waals surface area contributed by atoms with E-state index in [4.69, 9.17) is 4.74 Å². The molecule has 0 fully saturated rings. The van der Waals surface area contributed by atoms with Crippen LogP contribution in [0.2, 0.25) is 0 Å². The summed E-state index contributed by atoms with van der Waals surface area (Å²) in [5.74, 6) is 0.146. The average molecular weight is 391 g/mol.